The number of anilines is 1. The summed E-state index contributed by atoms with van der Waals surface area (Å²) in [6, 6.07) is 3.54. The van der Waals surface area contributed by atoms with E-state index in [4.69, 9.17) is 9.72 Å². The molecule has 0 spiro atoms. The Bertz CT molecular complexity index is 906. The minimum absolute atomic E-state index is 0.670. The molecule has 1 unspecified atom stereocenters. The highest BCUT2D eigenvalue weighted by molar-refractivity contribution is 5.89. The second kappa shape index (κ2) is 8.57. The van der Waals surface area contributed by atoms with E-state index in [0.717, 1.165) is 49.1 Å². The highest BCUT2D eigenvalue weighted by Gasteiger charge is 2.23. The van der Waals surface area contributed by atoms with Gasteiger partial charge in [0.25, 0.3) is 0 Å². The van der Waals surface area contributed by atoms with Crippen molar-refractivity contribution in [2.75, 3.05) is 31.6 Å². The van der Waals surface area contributed by atoms with Gasteiger partial charge in [-0.05, 0) is 88.2 Å². The molecule has 0 radical (unpaired) electrons. The van der Waals surface area contributed by atoms with E-state index < -0.39 is 12.0 Å². The fourth-order valence-corrected chi connectivity index (χ4v) is 4.52. The van der Waals surface area contributed by atoms with Crippen LogP contribution in [-0.2, 0) is 17.6 Å². The maximum Gasteiger partial charge on any atom is 0.325 e. The third-order valence-corrected chi connectivity index (χ3v) is 6.15. The lowest BCUT2D eigenvalue weighted by Gasteiger charge is -2.18. The van der Waals surface area contributed by atoms with Crippen LogP contribution in [0.2, 0.25) is 0 Å². The number of aromatic nitrogens is 1. The van der Waals surface area contributed by atoms with Crippen molar-refractivity contribution in [1.29, 1.82) is 0 Å². The van der Waals surface area contributed by atoms with Crippen LogP contribution >= 0.6 is 0 Å². The van der Waals surface area contributed by atoms with E-state index in [9.17, 15) is 9.90 Å². The molecule has 4 rings (SSSR count). The first-order valence-electron chi connectivity index (χ1n) is 10.8. The fourth-order valence-electron chi connectivity index (χ4n) is 4.52. The maximum absolute atomic E-state index is 11.3. The number of nitrogens with zero attached hydrogens (tertiary/aromatic N) is 2. The van der Waals surface area contributed by atoms with Crippen LogP contribution < -0.4 is 10.1 Å². The zero-order valence-electron chi connectivity index (χ0n) is 17.5. The smallest absolute Gasteiger partial charge is 0.325 e. The number of rotatable bonds is 8. The molecule has 2 heterocycles. The van der Waals surface area contributed by atoms with E-state index >= 15 is 0 Å². The molecular formula is C23H31N3O3. The molecule has 6 heteroatoms. The van der Waals surface area contributed by atoms with Gasteiger partial charge in [0.1, 0.15) is 17.6 Å². The Labute approximate surface area is 172 Å². The Kier molecular flexibility index (Phi) is 5.90. The summed E-state index contributed by atoms with van der Waals surface area (Å²) >= 11 is 0. The van der Waals surface area contributed by atoms with E-state index in [1.54, 1.807) is 6.92 Å². The summed E-state index contributed by atoms with van der Waals surface area (Å²) < 4.78 is 6.10. The molecular weight excluding hydrogens is 366 g/mol. The number of pyridine rings is 1. The van der Waals surface area contributed by atoms with Gasteiger partial charge < -0.3 is 20.1 Å². The predicted octanol–water partition coefficient (Wildman–Crippen LogP) is 3.78. The number of aliphatic carboxylic acids is 1. The standard InChI is InChI=1S/C23H31N3O3/c1-15-13-19-17-7-5-8-18(17)22(24-16(2)23(27)28)25-20(19)14-21(15)29-12-6-11-26-9-3-4-10-26/h13-14,16H,3-12H2,1-2H3,(H,24,25)(H,27,28). The summed E-state index contributed by atoms with van der Waals surface area (Å²) in [4.78, 5) is 18.6. The van der Waals surface area contributed by atoms with Crippen molar-refractivity contribution >= 4 is 22.7 Å². The van der Waals surface area contributed by atoms with E-state index in [-0.39, 0.29) is 0 Å². The Balaban J connectivity index is 1.54. The molecule has 2 N–H and O–H groups in total. The molecule has 1 aliphatic carbocycles. The number of likely N-dealkylation sites (tertiary alicyclic amines) is 1. The van der Waals surface area contributed by atoms with Crippen LogP contribution in [0.4, 0.5) is 5.82 Å². The van der Waals surface area contributed by atoms with Gasteiger partial charge in [-0.25, -0.2) is 4.98 Å². The van der Waals surface area contributed by atoms with Gasteiger partial charge in [-0.2, -0.15) is 0 Å². The zero-order chi connectivity index (χ0) is 20.4. The summed E-state index contributed by atoms with van der Waals surface area (Å²) in [7, 11) is 0. The number of carbonyl (C=O) groups is 1. The molecule has 2 aliphatic rings. The molecule has 1 atom stereocenters. The molecule has 0 amide bonds. The molecule has 0 bridgehead atoms. The molecule has 1 aromatic heterocycles. The topological polar surface area (TPSA) is 74.7 Å². The van der Waals surface area contributed by atoms with Crippen LogP contribution in [0.15, 0.2) is 12.1 Å². The Hall–Kier alpha value is -2.34. The first kappa shape index (κ1) is 20.0. The van der Waals surface area contributed by atoms with Gasteiger partial charge in [0.2, 0.25) is 0 Å². The van der Waals surface area contributed by atoms with Crippen molar-refractivity contribution in [2.24, 2.45) is 0 Å². The zero-order valence-corrected chi connectivity index (χ0v) is 17.5. The molecule has 1 saturated heterocycles. The summed E-state index contributed by atoms with van der Waals surface area (Å²) in [5.41, 5.74) is 4.49. The van der Waals surface area contributed by atoms with Gasteiger partial charge in [0.15, 0.2) is 0 Å². The van der Waals surface area contributed by atoms with Gasteiger partial charge in [-0.3, -0.25) is 4.79 Å². The average molecular weight is 398 g/mol. The van der Waals surface area contributed by atoms with Crippen molar-refractivity contribution in [3.63, 3.8) is 0 Å². The third-order valence-electron chi connectivity index (χ3n) is 6.15. The number of carboxylic acids is 1. The lowest BCUT2D eigenvalue weighted by Crippen LogP contribution is -2.26. The van der Waals surface area contributed by atoms with Crippen molar-refractivity contribution in [2.45, 2.75) is 58.4 Å². The monoisotopic (exact) mass is 397 g/mol. The minimum atomic E-state index is -0.871. The SMILES string of the molecule is Cc1cc2c3c(c(NC(C)C(=O)O)nc2cc1OCCCN1CCCC1)CCC3. The number of aryl methyl sites for hydroxylation is 2. The first-order valence-corrected chi connectivity index (χ1v) is 10.8. The van der Waals surface area contributed by atoms with Gasteiger partial charge >= 0.3 is 5.97 Å². The summed E-state index contributed by atoms with van der Waals surface area (Å²) in [6.45, 7) is 7.98. The van der Waals surface area contributed by atoms with Crippen molar-refractivity contribution in [1.82, 2.24) is 9.88 Å². The number of ether oxygens (including phenoxy) is 1. The summed E-state index contributed by atoms with van der Waals surface area (Å²) in [6.07, 6.45) is 6.70. The number of nitrogens with one attached hydrogen (secondary N) is 1. The lowest BCUT2D eigenvalue weighted by molar-refractivity contribution is -0.137. The van der Waals surface area contributed by atoms with Crippen LogP contribution in [0.25, 0.3) is 10.9 Å². The largest absolute Gasteiger partial charge is 0.493 e. The Morgan fingerprint density at radius 2 is 2.00 bits per heavy atom. The molecule has 1 aromatic carbocycles. The second-order valence-corrected chi connectivity index (χ2v) is 8.36. The van der Waals surface area contributed by atoms with Crippen LogP contribution in [0, 0.1) is 6.92 Å². The van der Waals surface area contributed by atoms with Crippen LogP contribution in [0.3, 0.4) is 0 Å². The Morgan fingerprint density at radius 1 is 1.24 bits per heavy atom. The molecule has 0 saturated carbocycles. The average Bonchev–Trinajstić information content (AvgIpc) is 3.38. The highest BCUT2D eigenvalue weighted by Crippen LogP contribution is 2.36. The second-order valence-electron chi connectivity index (χ2n) is 8.36. The number of carboxylic acid groups (broad SMARTS) is 1. The van der Waals surface area contributed by atoms with Gasteiger partial charge in [-0.1, -0.05) is 0 Å². The maximum atomic E-state index is 11.3. The number of benzene rings is 1. The number of fused-ring (bicyclic) bond motifs is 3. The van der Waals surface area contributed by atoms with E-state index in [2.05, 4.69) is 23.2 Å². The molecule has 1 aliphatic heterocycles. The van der Waals surface area contributed by atoms with Gasteiger partial charge in [0, 0.05) is 18.0 Å². The predicted molar refractivity (Wildman–Crippen MR) is 115 cm³/mol. The first-order chi connectivity index (χ1) is 14.0. The van der Waals surface area contributed by atoms with Gasteiger partial charge in [-0.15, -0.1) is 0 Å². The molecule has 1 fully saturated rings. The third kappa shape index (κ3) is 4.32. The van der Waals surface area contributed by atoms with Crippen molar-refractivity contribution in [3.05, 3.63) is 28.8 Å². The van der Waals surface area contributed by atoms with Crippen LogP contribution in [0.5, 0.6) is 5.75 Å². The van der Waals surface area contributed by atoms with E-state index in [0.29, 0.717) is 12.4 Å². The number of hydrogen-bond donors (Lipinski definition) is 2. The molecule has 156 valence electrons. The Morgan fingerprint density at radius 3 is 2.76 bits per heavy atom. The van der Waals surface area contributed by atoms with E-state index in [1.165, 1.54) is 42.4 Å². The fraction of sp³-hybridized carbons (Fsp3) is 0.565. The highest BCUT2D eigenvalue weighted by atomic mass is 16.5. The van der Waals surface area contributed by atoms with Crippen LogP contribution in [-0.4, -0.2) is 53.2 Å². The van der Waals surface area contributed by atoms with E-state index in [1.807, 2.05) is 6.07 Å². The quantitative estimate of drug-likeness (QED) is 0.661. The minimum Gasteiger partial charge on any atom is -0.493 e. The molecule has 2 aromatic rings. The normalized spacial score (nSPS) is 17.4. The summed E-state index contributed by atoms with van der Waals surface area (Å²) in [5, 5.41) is 13.5. The van der Waals surface area contributed by atoms with Crippen molar-refractivity contribution in [3.8, 4) is 5.75 Å². The van der Waals surface area contributed by atoms with Crippen molar-refractivity contribution < 1.29 is 14.6 Å². The van der Waals surface area contributed by atoms with Gasteiger partial charge in [0.05, 0.1) is 12.1 Å². The summed E-state index contributed by atoms with van der Waals surface area (Å²) in [5.74, 6) is 0.718. The molecule has 29 heavy (non-hydrogen) atoms. The van der Waals surface area contributed by atoms with Crippen LogP contribution in [0.1, 0.15) is 49.3 Å². The molecule has 6 nitrogen and oxygen atoms in total. The lowest BCUT2D eigenvalue weighted by atomic mass is 10.0. The number of hydrogen-bond acceptors (Lipinski definition) is 5.